The molecule has 0 unspecified atom stereocenters. The van der Waals surface area contributed by atoms with Gasteiger partial charge in [-0.05, 0) is 80.1 Å². The number of rotatable bonds is 4. The molecule has 0 spiro atoms. The highest BCUT2D eigenvalue weighted by molar-refractivity contribution is 9.10. The Bertz CT molecular complexity index is 419. The van der Waals surface area contributed by atoms with E-state index in [4.69, 9.17) is 4.74 Å². The van der Waals surface area contributed by atoms with Gasteiger partial charge in [-0.2, -0.15) is 0 Å². The summed E-state index contributed by atoms with van der Waals surface area (Å²) < 4.78 is 7.10. The van der Waals surface area contributed by atoms with E-state index in [2.05, 4.69) is 60.2 Å². The number of halogens is 1. The normalized spacial score (nSPS) is 16.8. The van der Waals surface area contributed by atoms with Crippen molar-refractivity contribution in [2.75, 3.05) is 0 Å². The molecular weight excluding hydrogens is 302 g/mol. The summed E-state index contributed by atoms with van der Waals surface area (Å²) in [5, 5.41) is 3.50. The molecule has 0 radical (unpaired) electrons. The lowest BCUT2D eigenvalue weighted by Crippen LogP contribution is -2.35. The second-order valence-electron chi connectivity index (χ2n) is 6.39. The van der Waals surface area contributed by atoms with Crippen molar-refractivity contribution in [3.05, 3.63) is 28.2 Å². The van der Waals surface area contributed by atoms with Gasteiger partial charge in [-0.1, -0.05) is 6.07 Å². The highest BCUT2D eigenvalue weighted by Crippen LogP contribution is 2.30. The van der Waals surface area contributed by atoms with Crippen LogP contribution in [0.1, 0.15) is 52.0 Å². The number of ether oxygens (including phenoxy) is 1. The molecule has 19 heavy (non-hydrogen) atoms. The van der Waals surface area contributed by atoms with Crippen molar-refractivity contribution in [2.24, 2.45) is 0 Å². The second kappa shape index (κ2) is 6.27. The van der Waals surface area contributed by atoms with Gasteiger partial charge in [0.05, 0.1) is 10.6 Å². The molecule has 0 amide bonds. The van der Waals surface area contributed by atoms with Crippen LogP contribution in [-0.2, 0) is 6.54 Å². The summed E-state index contributed by atoms with van der Waals surface area (Å²) in [5.41, 5.74) is 1.42. The lowest BCUT2D eigenvalue weighted by molar-refractivity contribution is 0.208. The van der Waals surface area contributed by atoms with E-state index in [0.717, 1.165) is 16.8 Å². The fraction of sp³-hybridized carbons (Fsp3) is 0.625. The molecule has 0 bridgehead atoms. The molecule has 0 aromatic heterocycles. The van der Waals surface area contributed by atoms with Gasteiger partial charge in [0.1, 0.15) is 5.75 Å². The summed E-state index contributed by atoms with van der Waals surface area (Å²) in [7, 11) is 0. The average molecular weight is 326 g/mol. The Labute approximate surface area is 125 Å². The summed E-state index contributed by atoms with van der Waals surface area (Å²) in [4.78, 5) is 0. The van der Waals surface area contributed by atoms with E-state index in [-0.39, 0.29) is 5.54 Å². The van der Waals surface area contributed by atoms with E-state index in [9.17, 15) is 0 Å². The van der Waals surface area contributed by atoms with E-state index < -0.39 is 0 Å². The van der Waals surface area contributed by atoms with E-state index in [1.807, 2.05) is 0 Å². The SMILES string of the molecule is CC(C)(C)NCc1ccc(OC2CCCC2)c(Br)c1. The Morgan fingerprint density at radius 3 is 2.53 bits per heavy atom. The first-order valence-corrected chi connectivity index (χ1v) is 7.93. The quantitative estimate of drug-likeness (QED) is 0.869. The molecule has 2 nitrogen and oxygen atoms in total. The Balaban J connectivity index is 1.96. The van der Waals surface area contributed by atoms with Crippen LogP contribution in [0.2, 0.25) is 0 Å². The minimum absolute atomic E-state index is 0.144. The predicted molar refractivity (Wildman–Crippen MR) is 83.6 cm³/mol. The molecule has 2 rings (SSSR count). The van der Waals surface area contributed by atoms with Crippen LogP contribution in [0.15, 0.2) is 22.7 Å². The van der Waals surface area contributed by atoms with Crippen molar-refractivity contribution < 1.29 is 4.74 Å². The molecule has 1 aromatic carbocycles. The van der Waals surface area contributed by atoms with E-state index in [1.165, 1.54) is 31.2 Å². The van der Waals surface area contributed by atoms with Gasteiger partial charge in [0.2, 0.25) is 0 Å². The lowest BCUT2D eigenvalue weighted by atomic mass is 10.1. The maximum Gasteiger partial charge on any atom is 0.133 e. The zero-order valence-corrected chi connectivity index (χ0v) is 13.7. The molecule has 1 aliphatic rings. The Hall–Kier alpha value is -0.540. The van der Waals surface area contributed by atoms with Gasteiger partial charge in [0.25, 0.3) is 0 Å². The number of benzene rings is 1. The largest absolute Gasteiger partial charge is 0.489 e. The third-order valence-electron chi connectivity index (χ3n) is 3.41. The Kier molecular flexibility index (Phi) is 4.91. The fourth-order valence-electron chi connectivity index (χ4n) is 2.30. The first kappa shape index (κ1) is 14.9. The summed E-state index contributed by atoms with van der Waals surface area (Å²) in [6.45, 7) is 7.42. The van der Waals surface area contributed by atoms with Gasteiger partial charge in [-0.3, -0.25) is 0 Å². The topological polar surface area (TPSA) is 21.3 Å². The van der Waals surface area contributed by atoms with Crippen LogP contribution in [-0.4, -0.2) is 11.6 Å². The van der Waals surface area contributed by atoms with Crippen LogP contribution in [0.5, 0.6) is 5.75 Å². The lowest BCUT2D eigenvalue weighted by Gasteiger charge is -2.21. The summed E-state index contributed by atoms with van der Waals surface area (Å²) in [6.07, 6.45) is 5.40. The van der Waals surface area contributed by atoms with Crippen molar-refractivity contribution in [3.8, 4) is 5.75 Å². The highest BCUT2D eigenvalue weighted by Gasteiger charge is 2.17. The number of hydrogen-bond donors (Lipinski definition) is 1. The van der Waals surface area contributed by atoms with Crippen LogP contribution in [0, 0.1) is 0 Å². The first-order valence-electron chi connectivity index (χ1n) is 7.14. The van der Waals surface area contributed by atoms with Crippen LogP contribution in [0.3, 0.4) is 0 Å². The second-order valence-corrected chi connectivity index (χ2v) is 7.25. The first-order chi connectivity index (χ1) is 8.94. The minimum Gasteiger partial charge on any atom is -0.489 e. The third kappa shape index (κ3) is 4.81. The Morgan fingerprint density at radius 1 is 1.26 bits per heavy atom. The molecular formula is C16H24BrNO. The molecule has 0 heterocycles. The van der Waals surface area contributed by atoms with Gasteiger partial charge >= 0.3 is 0 Å². The zero-order chi connectivity index (χ0) is 13.9. The Morgan fingerprint density at radius 2 is 1.95 bits per heavy atom. The smallest absolute Gasteiger partial charge is 0.133 e. The molecule has 1 fully saturated rings. The molecule has 1 saturated carbocycles. The standard InChI is InChI=1S/C16H24BrNO/c1-16(2,3)18-11-12-8-9-15(14(17)10-12)19-13-6-4-5-7-13/h8-10,13,18H,4-7,11H2,1-3H3. The van der Waals surface area contributed by atoms with E-state index in [1.54, 1.807) is 0 Å². The third-order valence-corrected chi connectivity index (χ3v) is 4.03. The molecule has 106 valence electrons. The molecule has 1 aromatic rings. The fourth-order valence-corrected chi connectivity index (χ4v) is 2.82. The minimum atomic E-state index is 0.144. The number of hydrogen-bond acceptors (Lipinski definition) is 2. The monoisotopic (exact) mass is 325 g/mol. The molecule has 0 aliphatic heterocycles. The summed E-state index contributed by atoms with van der Waals surface area (Å²) in [5.74, 6) is 0.978. The van der Waals surface area contributed by atoms with Crippen molar-refractivity contribution in [1.82, 2.24) is 5.32 Å². The summed E-state index contributed by atoms with van der Waals surface area (Å²) >= 11 is 3.62. The molecule has 3 heteroatoms. The average Bonchev–Trinajstić information content (AvgIpc) is 2.81. The predicted octanol–water partition coefficient (Wildman–Crippen LogP) is 4.66. The van der Waals surface area contributed by atoms with Crippen LogP contribution in [0.25, 0.3) is 0 Å². The van der Waals surface area contributed by atoms with Crippen molar-refractivity contribution >= 4 is 15.9 Å². The molecule has 1 N–H and O–H groups in total. The van der Waals surface area contributed by atoms with Gasteiger partial charge in [0, 0.05) is 12.1 Å². The van der Waals surface area contributed by atoms with E-state index >= 15 is 0 Å². The zero-order valence-electron chi connectivity index (χ0n) is 12.1. The van der Waals surface area contributed by atoms with Crippen molar-refractivity contribution in [2.45, 2.75) is 64.6 Å². The maximum absolute atomic E-state index is 6.04. The van der Waals surface area contributed by atoms with Crippen molar-refractivity contribution in [3.63, 3.8) is 0 Å². The van der Waals surface area contributed by atoms with Crippen molar-refractivity contribution in [1.29, 1.82) is 0 Å². The van der Waals surface area contributed by atoms with Gasteiger partial charge < -0.3 is 10.1 Å². The maximum atomic E-state index is 6.04. The molecule has 1 aliphatic carbocycles. The van der Waals surface area contributed by atoms with Gasteiger partial charge in [-0.25, -0.2) is 0 Å². The molecule has 0 saturated heterocycles. The van der Waals surface area contributed by atoms with Gasteiger partial charge in [-0.15, -0.1) is 0 Å². The molecule has 0 atom stereocenters. The van der Waals surface area contributed by atoms with Crippen LogP contribution >= 0.6 is 15.9 Å². The highest BCUT2D eigenvalue weighted by atomic mass is 79.9. The van der Waals surface area contributed by atoms with Gasteiger partial charge in [0.15, 0.2) is 0 Å². The summed E-state index contributed by atoms with van der Waals surface area (Å²) in [6, 6.07) is 6.39. The number of nitrogens with one attached hydrogen (secondary N) is 1. The van der Waals surface area contributed by atoms with E-state index in [0.29, 0.717) is 6.10 Å². The van der Waals surface area contributed by atoms with Crippen LogP contribution < -0.4 is 10.1 Å². The van der Waals surface area contributed by atoms with Crippen LogP contribution in [0.4, 0.5) is 0 Å².